The van der Waals surface area contributed by atoms with Crippen molar-refractivity contribution in [2.75, 3.05) is 7.11 Å². The molecule has 4 aromatic rings. The first-order chi connectivity index (χ1) is 13.6. The average Bonchev–Trinajstić information content (AvgIpc) is 2.73. The first-order valence-electron chi connectivity index (χ1n) is 9.85. The minimum absolute atomic E-state index is 0.539. The van der Waals surface area contributed by atoms with Crippen LogP contribution in [0.4, 0.5) is 0 Å². The monoisotopic (exact) mass is 366 g/mol. The van der Waals surface area contributed by atoms with Gasteiger partial charge in [0.05, 0.1) is 7.11 Å². The SMILES string of the molecule is COc1cccc(C)c1-c1cc(-c2ccc(C(C)C)cc2)cc2ccccc12. The maximum Gasteiger partial charge on any atom is 0.126 e. The largest absolute Gasteiger partial charge is 0.496 e. The number of rotatable bonds is 4. The molecule has 0 aliphatic heterocycles. The van der Waals surface area contributed by atoms with E-state index in [0.29, 0.717) is 5.92 Å². The van der Waals surface area contributed by atoms with Crippen molar-refractivity contribution < 1.29 is 4.74 Å². The number of benzene rings is 4. The molecule has 1 heteroatoms. The van der Waals surface area contributed by atoms with Crippen LogP contribution in [0.5, 0.6) is 5.75 Å². The van der Waals surface area contributed by atoms with Crippen LogP contribution in [0, 0.1) is 6.92 Å². The summed E-state index contributed by atoms with van der Waals surface area (Å²) >= 11 is 0. The van der Waals surface area contributed by atoms with Crippen LogP contribution < -0.4 is 4.74 Å². The summed E-state index contributed by atoms with van der Waals surface area (Å²) in [5, 5.41) is 2.49. The molecule has 0 aliphatic carbocycles. The fraction of sp³-hybridized carbons (Fsp3) is 0.185. The smallest absolute Gasteiger partial charge is 0.126 e. The van der Waals surface area contributed by atoms with Gasteiger partial charge in [0, 0.05) is 5.56 Å². The first-order valence-corrected chi connectivity index (χ1v) is 9.85. The molecule has 0 bridgehead atoms. The van der Waals surface area contributed by atoms with Crippen molar-refractivity contribution in [1.29, 1.82) is 0 Å². The number of aryl methyl sites for hydroxylation is 1. The molecular formula is C27H26O. The Morgan fingerprint density at radius 3 is 2.21 bits per heavy atom. The van der Waals surface area contributed by atoms with Crippen molar-refractivity contribution in [3.63, 3.8) is 0 Å². The normalized spacial score (nSPS) is 11.2. The van der Waals surface area contributed by atoms with Gasteiger partial charge in [-0.2, -0.15) is 0 Å². The van der Waals surface area contributed by atoms with Gasteiger partial charge in [0.15, 0.2) is 0 Å². The highest BCUT2D eigenvalue weighted by molar-refractivity contribution is 6.01. The standard InChI is InChI=1S/C27H26O/c1-18(2)20-12-14-21(15-13-20)23-16-22-9-5-6-10-24(22)25(17-23)27-19(3)8-7-11-26(27)28-4/h5-18H,1-4H3. The molecule has 0 unspecified atom stereocenters. The molecule has 0 aromatic heterocycles. The Bertz CT molecular complexity index is 1120. The van der Waals surface area contributed by atoms with Crippen molar-refractivity contribution in [3.8, 4) is 28.0 Å². The van der Waals surface area contributed by atoms with Gasteiger partial charge in [-0.05, 0) is 69.6 Å². The fourth-order valence-electron chi connectivity index (χ4n) is 3.90. The third-order valence-electron chi connectivity index (χ3n) is 5.50. The van der Waals surface area contributed by atoms with Gasteiger partial charge in [0.25, 0.3) is 0 Å². The Kier molecular flexibility index (Phi) is 4.92. The first kappa shape index (κ1) is 18.3. The van der Waals surface area contributed by atoms with Crippen LogP contribution in [0.25, 0.3) is 33.0 Å². The van der Waals surface area contributed by atoms with Crippen molar-refractivity contribution >= 4 is 10.8 Å². The number of fused-ring (bicyclic) bond motifs is 1. The van der Waals surface area contributed by atoms with Crippen LogP contribution in [0.3, 0.4) is 0 Å². The van der Waals surface area contributed by atoms with Crippen LogP contribution in [0.1, 0.15) is 30.9 Å². The summed E-state index contributed by atoms with van der Waals surface area (Å²) in [6, 6.07) is 28.4. The lowest BCUT2D eigenvalue weighted by molar-refractivity contribution is 0.416. The molecular weight excluding hydrogens is 340 g/mol. The van der Waals surface area contributed by atoms with Crippen LogP contribution >= 0.6 is 0 Å². The predicted octanol–water partition coefficient (Wildman–Crippen LogP) is 7.61. The van der Waals surface area contributed by atoms with Crippen molar-refractivity contribution in [1.82, 2.24) is 0 Å². The molecule has 0 heterocycles. The minimum atomic E-state index is 0.539. The molecule has 0 atom stereocenters. The zero-order chi connectivity index (χ0) is 19.7. The molecule has 140 valence electrons. The molecule has 28 heavy (non-hydrogen) atoms. The Balaban J connectivity index is 1.97. The molecule has 4 aromatic carbocycles. The summed E-state index contributed by atoms with van der Waals surface area (Å²) in [6.07, 6.45) is 0. The molecule has 4 rings (SSSR count). The van der Waals surface area contributed by atoms with Crippen LogP contribution in [0.2, 0.25) is 0 Å². The van der Waals surface area contributed by atoms with Gasteiger partial charge >= 0.3 is 0 Å². The lowest BCUT2D eigenvalue weighted by atomic mass is 9.90. The van der Waals surface area contributed by atoms with Gasteiger partial charge in [-0.3, -0.25) is 0 Å². The molecule has 0 spiro atoms. The van der Waals surface area contributed by atoms with E-state index in [1.807, 2.05) is 12.1 Å². The molecule has 1 nitrogen and oxygen atoms in total. The zero-order valence-corrected chi connectivity index (χ0v) is 17.0. The number of hydrogen-bond donors (Lipinski definition) is 0. The Morgan fingerprint density at radius 2 is 1.50 bits per heavy atom. The van der Waals surface area contributed by atoms with Gasteiger partial charge < -0.3 is 4.74 Å². The van der Waals surface area contributed by atoms with Crippen molar-refractivity contribution in [3.05, 3.63) is 90.0 Å². The summed E-state index contributed by atoms with van der Waals surface area (Å²) in [5.74, 6) is 1.45. The van der Waals surface area contributed by atoms with Gasteiger partial charge in [0.1, 0.15) is 5.75 Å². The zero-order valence-electron chi connectivity index (χ0n) is 17.0. The molecule has 0 N–H and O–H groups in total. The van der Waals surface area contributed by atoms with E-state index in [0.717, 1.165) is 5.75 Å². The molecule has 0 aliphatic rings. The average molecular weight is 367 g/mol. The van der Waals surface area contributed by atoms with Crippen LogP contribution in [-0.4, -0.2) is 7.11 Å². The van der Waals surface area contributed by atoms with Gasteiger partial charge in [-0.1, -0.05) is 74.5 Å². The fourth-order valence-corrected chi connectivity index (χ4v) is 3.90. The number of methoxy groups -OCH3 is 1. The number of ether oxygens (including phenoxy) is 1. The summed E-state index contributed by atoms with van der Waals surface area (Å²) in [4.78, 5) is 0. The summed E-state index contributed by atoms with van der Waals surface area (Å²) < 4.78 is 5.72. The molecule has 0 radical (unpaired) electrons. The highest BCUT2D eigenvalue weighted by Gasteiger charge is 2.14. The number of hydrogen-bond acceptors (Lipinski definition) is 1. The van der Waals surface area contributed by atoms with Gasteiger partial charge in [0.2, 0.25) is 0 Å². The summed E-state index contributed by atoms with van der Waals surface area (Å²) in [5.41, 5.74) is 7.44. The second kappa shape index (κ2) is 7.52. The van der Waals surface area contributed by atoms with Crippen molar-refractivity contribution in [2.45, 2.75) is 26.7 Å². The maximum absolute atomic E-state index is 5.72. The van der Waals surface area contributed by atoms with E-state index >= 15 is 0 Å². The van der Waals surface area contributed by atoms with E-state index in [2.05, 4.69) is 87.5 Å². The second-order valence-electron chi connectivity index (χ2n) is 7.67. The topological polar surface area (TPSA) is 9.23 Å². The van der Waals surface area contributed by atoms with Gasteiger partial charge in [-0.15, -0.1) is 0 Å². The van der Waals surface area contributed by atoms with E-state index < -0.39 is 0 Å². The highest BCUT2D eigenvalue weighted by atomic mass is 16.5. The lowest BCUT2D eigenvalue weighted by Gasteiger charge is -2.16. The van der Waals surface area contributed by atoms with Crippen LogP contribution in [-0.2, 0) is 0 Å². The Labute approximate surface area is 167 Å². The van der Waals surface area contributed by atoms with Crippen molar-refractivity contribution in [2.24, 2.45) is 0 Å². The molecule has 0 amide bonds. The summed E-state index contributed by atoms with van der Waals surface area (Å²) in [6.45, 7) is 6.61. The molecule has 0 saturated heterocycles. The minimum Gasteiger partial charge on any atom is -0.496 e. The van der Waals surface area contributed by atoms with E-state index in [-0.39, 0.29) is 0 Å². The Hall–Kier alpha value is -3.06. The lowest BCUT2D eigenvalue weighted by Crippen LogP contribution is -1.93. The maximum atomic E-state index is 5.72. The van der Waals surface area contributed by atoms with Crippen LogP contribution in [0.15, 0.2) is 78.9 Å². The predicted molar refractivity (Wildman–Crippen MR) is 120 cm³/mol. The van der Waals surface area contributed by atoms with Gasteiger partial charge in [-0.25, -0.2) is 0 Å². The molecule has 0 saturated carbocycles. The quantitative estimate of drug-likeness (QED) is 0.361. The van der Waals surface area contributed by atoms with E-state index in [4.69, 9.17) is 4.74 Å². The second-order valence-corrected chi connectivity index (χ2v) is 7.67. The van der Waals surface area contributed by atoms with E-state index in [1.54, 1.807) is 7.11 Å². The van der Waals surface area contributed by atoms with E-state index in [1.165, 1.54) is 44.2 Å². The third-order valence-corrected chi connectivity index (χ3v) is 5.50. The highest BCUT2D eigenvalue weighted by Crippen LogP contribution is 2.40. The molecule has 0 fully saturated rings. The Morgan fingerprint density at radius 1 is 0.750 bits per heavy atom. The third kappa shape index (κ3) is 3.29. The summed E-state index contributed by atoms with van der Waals surface area (Å²) in [7, 11) is 1.74. The van der Waals surface area contributed by atoms with E-state index in [9.17, 15) is 0 Å².